The highest BCUT2D eigenvalue weighted by molar-refractivity contribution is 9.09. The Hall–Kier alpha value is -1.23. The monoisotopic (exact) mass is 318 g/mol. The second kappa shape index (κ2) is 5.18. The van der Waals surface area contributed by atoms with Gasteiger partial charge in [-0.1, -0.05) is 22.9 Å². The van der Waals surface area contributed by atoms with Gasteiger partial charge in [0.25, 0.3) is 0 Å². The molecule has 0 fully saturated rings. The van der Waals surface area contributed by atoms with Crippen LogP contribution in [-0.2, 0) is 6.42 Å². The van der Waals surface area contributed by atoms with Crippen molar-refractivity contribution in [2.45, 2.75) is 18.2 Å². The average molecular weight is 319 g/mol. The fourth-order valence-electron chi connectivity index (χ4n) is 1.61. The highest BCUT2D eigenvalue weighted by atomic mass is 79.9. The summed E-state index contributed by atoms with van der Waals surface area (Å²) in [7, 11) is 0. The third-order valence-corrected chi connectivity index (χ3v) is 3.54. The highest BCUT2D eigenvalue weighted by Gasteiger charge is 2.20. The molecule has 18 heavy (non-hydrogen) atoms. The summed E-state index contributed by atoms with van der Waals surface area (Å²) in [6, 6.07) is 4.81. The van der Waals surface area contributed by atoms with E-state index in [1.54, 1.807) is 12.1 Å². The summed E-state index contributed by atoms with van der Waals surface area (Å²) in [4.78, 5) is -0.645. The minimum atomic E-state index is -1.20. The Balaban J connectivity index is 2.39. The quantitative estimate of drug-likeness (QED) is 0.588. The third kappa shape index (κ3) is 2.46. The minimum Gasteiger partial charge on any atom is -0.465 e. The van der Waals surface area contributed by atoms with Crippen LogP contribution in [0.4, 0.5) is 13.2 Å². The summed E-state index contributed by atoms with van der Waals surface area (Å²) in [6.07, 6.45) is 0.708. The van der Waals surface area contributed by atoms with Gasteiger partial charge in [0.1, 0.15) is 22.2 Å². The maximum atomic E-state index is 13.6. The maximum Gasteiger partial charge on any atom is 0.161 e. The van der Waals surface area contributed by atoms with Gasteiger partial charge in [0.15, 0.2) is 11.6 Å². The van der Waals surface area contributed by atoms with Crippen LogP contribution in [0, 0.1) is 17.5 Å². The number of halogens is 4. The molecule has 0 bridgehead atoms. The average Bonchev–Trinajstić information content (AvgIpc) is 2.81. The van der Waals surface area contributed by atoms with E-state index in [0.29, 0.717) is 18.2 Å². The van der Waals surface area contributed by atoms with E-state index in [0.717, 1.165) is 11.8 Å². The van der Waals surface area contributed by atoms with E-state index in [-0.39, 0.29) is 5.56 Å². The normalized spacial score (nSPS) is 12.7. The number of alkyl halides is 1. The summed E-state index contributed by atoms with van der Waals surface area (Å²) in [5.74, 6) is -1.90. The van der Waals surface area contributed by atoms with E-state index in [1.165, 1.54) is 0 Å². The second-order valence-corrected chi connectivity index (χ2v) is 4.72. The van der Waals surface area contributed by atoms with Crippen LogP contribution < -0.4 is 0 Å². The highest BCUT2D eigenvalue weighted by Crippen LogP contribution is 2.34. The van der Waals surface area contributed by atoms with Crippen molar-refractivity contribution in [3.63, 3.8) is 0 Å². The Morgan fingerprint density at radius 3 is 2.39 bits per heavy atom. The largest absolute Gasteiger partial charge is 0.465 e. The molecule has 1 aromatic carbocycles. The summed E-state index contributed by atoms with van der Waals surface area (Å²) in [6.45, 7) is 1.92. The zero-order valence-corrected chi connectivity index (χ0v) is 11.1. The van der Waals surface area contributed by atoms with Gasteiger partial charge in [0.05, 0.1) is 0 Å². The molecule has 0 saturated heterocycles. The van der Waals surface area contributed by atoms with Crippen LogP contribution in [-0.4, -0.2) is 0 Å². The summed E-state index contributed by atoms with van der Waals surface area (Å²) in [5.41, 5.74) is 0.00547. The van der Waals surface area contributed by atoms with Gasteiger partial charge in [-0.2, -0.15) is 0 Å². The first kappa shape index (κ1) is 13.2. The molecule has 1 atom stereocenters. The number of aryl methyl sites for hydroxylation is 1. The third-order valence-electron chi connectivity index (χ3n) is 2.59. The predicted molar refractivity (Wildman–Crippen MR) is 65.2 cm³/mol. The molecule has 96 valence electrons. The first-order valence-electron chi connectivity index (χ1n) is 5.40. The lowest BCUT2D eigenvalue weighted by molar-refractivity contribution is 0.466. The van der Waals surface area contributed by atoms with Crippen LogP contribution >= 0.6 is 15.9 Å². The molecule has 5 heteroatoms. The second-order valence-electron chi connectivity index (χ2n) is 3.81. The molecular formula is C13H10BrF3O. The Morgan fingerprint density at radius 2 is 1.78 bits per heavy atom. The number of hydrogen-bond donors (Lipinski definition) is 0. The Bertz CT molecular complexity index is 565. The molecule has 1 unspecified atom stereocenters. The molecule has 1 nitrogen and oxygen atoms in total. The van der Waals surface area contributed by atoms with Gasteiger partial charge in [0.2, 0.25) is 0 Å². The predicted octanol–water partition coefficient (Wildman–Crippen LogP) is 4.74. The molecule has 0 radical (unpaired) electrons. The van der Waals surface area contributed by atoms with Gasteiger partial charge in [-0.25, -0.2) is 13.2 Å². The van der Waals surface area contributed by atoms with Crippen LogP contribution in [0.15, 0.2) is 28.7 Å². The zero-order chi connectivity index (χ0) is 13.3. The number of rotatable bonds is 3. The molecule has 0 aliphatic carbocycles. The first-order chi connectivity index (χ1) is 8.52. The molecule has 0 aliphatic heterocycles. The zero-order valence-electron chi connectivity index (χ0n) is 9.51. The van der Waals surface area contributed by atoms with Gasteiger partial charge < -0.3 is 4.42 Å². The van der Waals surface area contributed by atoms with E-state index in [9.17, 15) is 13.2 Å². The van der Waals surface area contributed by atoms with Gasteiger partial charge in [-0.15, -0.1) is 0 Å². The summed E-state index contributed by atoms with van der Waals surface area (Å²) >= 11 is 3.22. The van der Waals surface area contributed by atoms with Crippen LogP contribution in [0.25, 0.3) is 0 Å². The fraction of sp³-hybridized carbons (Fsp3) is 0.231. The Kier molecular flexibility index (Phi) is 3.80. The van der Waals surface area contributed by atoms with E-state index in [1.807, 2.05) is 6.92 Å². The number of furan rings is 1. The summed E-state index contributed by atoms with van der Waals surface area (Å²) < 4.78 is 45.0. The lowest BCUT2D eigenvalue weighted by atomic mass is 10.1. The molecule has 2 rings (SSSR count). The van der Waals surface area contributed by atoms with E-state index in [2.05, 4.69) is 15.9 Å². The SMILES string of the molecule is CCc1ccc(C(Br)c2cc(F)c(F)cc2F)o1. The van der Waals surface area contributed by atoms with Crippen molar-refractivity contribution in [3.8, 4) is 0 Å². The Morgan fingerprint density at radius 1 is 1.11 bits per heavy atom. The van der Waals surface area contributed by atoms with Crippen molar-refractivity contribution in [3.05, 3.63) is 58.8 Å². The van der Waals surface area contributed by atoms with Crippen molar-refractivity contribution in [1.82, 2.24) is 0 Å². The van der Waals surface area contributed by atoms with Gasteiger partial charge in [-0.3, -0.25) is 0 Å². The van der Waals surface area contributed by atoms with Crippen LogP contribution in [0.3, 0.4) is 0 Å². The van der Waals surface area contributed by atoms with Gasteiger partial charge in [-0.05, 0) is 18.2 Å². The molecule has 0 N–H and O–H groups in total. The van der Waals surface area contributed by atoms with E-state index >= 15 is 0 Å². The van der Waals surface area contributed by atoms with Crippen LogP contribution in [0.2, 0.25) is 0 Å². The Labute approximate surface area is 111 Å². The van der Waals surface area contributed by atoms with Crippen molar-refractivity contribution in [1.29, 1.82) is 0 Å². The van der Waals surface area contributed by atoms with Crippen LogP contribution in [0.1, 0.15) is 28.8 Å². The lowest BCUT2D eigenvalue weighted by Gasteiger charge is -2.09. The minimum absolute atomic E-state index is 0.00547. The van der Waals surface area contributed by atoms with E-state index in [4.69, 9.17) is 4.42 Å². The lowest BCUT2D eigenvalue weighted by Crippen LogP contribution is -1.99. The van der Waals surface area contributed by atoms with Gasteiger partial charge in [0, 0.05) is 18.1 Å². The van der Waals surface area contributed by atoms with Crippen molar-refractivity contribution in [2.75, 3.05) is 0 Å². The topological polar surface area (TPSA) is 13.1 Å². The molecular weight excluding hydrogens is 309 g/mol. The smallest absolute Gasteiger partial charge is 0.161 e. The van der Waals surface area contributed by atoms with Crippen molar-refractivity contribution in [2.24, 2.45) is 0 Å². The maximum absolute atomic E-state index is 13.6. The molecule has 0 aliphatic rings. The fourth-order valence-corrected chi connectivity index (χ4v) is 2.20. The molecule has 1 heterocycles. The number of hydrogen-bond acceptors (Lipinski definition) is 1. The molecule has 2 aromatic rings. The molecule has 0 saturated carbocycles. The first-order valence-corrected chi connectivity index (χ1v) is 6.31. The summed E-state index contributed by atoms with van der Waals surface area (Å²) in [5, 5.41) is 0. The van der Waals surface area contributed by atoms with E-state index < -0.39 is 22.3 Å². The van der Waals surface area contributed by atoms with Crippen molar-refractivity contribution >= 4 is 15.9 Å². The van der Waals surface area contributed by atoms with Crippen molar-refractivity contribution < 1.29 is 17.6 Å². The van der Waals surface area contributed by atoms with Gasteiger partial charge >= 0.3 is 0 Å². The number of benzene rings is 1. The molecule has 0 spiro atoms. The molecule has 0 amide bonds. The van der Waals surface area contributed by atoms with Crippen LogP contribution in [0.5, 0.6) is 0 Å². The molecule has 1 aromatic heterocycles. The standard InChI is InChI=1S/C13H10BrF3O/c1-2-7-3-4-12(18-7)13(14)8-5-10(16)11(17)6-9(8)15/h3-6,13H,2H2,1H3.